The zero-order chi connectivity index (χ0) is 12.3. The van der Waals surface area contributed by atoms with Crippen LogP contribution in [0, 0.1) is 5.41 Å². The van der Waals surface area contributed by atoms with E-state index in [-0.39, 0.29) is 17.5 Å². The summed E-state index contributed by atoms with van der Waals surface area (Å²) in [6.07, 6.45) is 4.02. The fourth-order valence-electron chi connectivity index (χ4n) is 2.98. The fraction of sp³-hybridized carbons (Fsp3) is 0.923. The van der Waals surface area contributed by atoms with Crippen LogP contribution >= 0.6 is 0 Å². The van der Waals surface area contributed by atoms with Gasteiger partial charge in [-0.2, -0.15) is 0 Å². The zero-order valence-electron chi connectivity index (χ0n) is 11.0. The Morgan fingerprint density at radius 1 is 1.59 bits per heavy atom. The van der Waals surface area contributed by atoms with Crippen LogP contribution in [-0.2, 0) is 9.53 Å². The molecule has 2 aliphatic rings. The van der Waals surface area contributed by atoms with Crippen LogP contribution in [0.1, 0.15) is 32.6 Å². The Morgan fingerprint density at radius 2 is 2.41 bits per heavy atom. The molecule has 0 radical (unpaired) electrons. The summed E-state index contributed by atoms with van der Waals surface area (Å²) in [7, 11) is 2.08. The smallest absolute Gasteiger partial charge is 0.313 e. The van der Waals surface area contributed by atoms with Crippen molar-refractivity contribution in [1.82, 2.24) is 10.2 Å². The maximum absolute atomic E-state index is 12.3. The highest BCUT2D eigenvalue weighted by molar-refractivity contribution is 5.77. The normalized spacial score (nSPS) is 34.1. The van der Waals surface area contributed by atoms with Crippen molar-refractivity contribution in [3.8, 4) is 0 Å². The molecule has 0 spiro atoms. The molecule has 0 saturated carbocycles. The Bertz CT molecular complexity index is 275. The van der Waals surface area contributed by atoms with E-state index in [0.29, 0.717) is 0 Å². The summed E-state index contributed by atoms with van der Waals surface area (Å²) in [6, 6.07) is 0. The molecule has 2 rings (SSSR count). The Labute approximate surface area is 104 Å². The number of carbonyl (C=O) groups excluding carboxylic acids is 1. The molecule has 2 unspecified atom stereocenters. The third kappa shape index (κ3) is 2.80. The second-order valence-electron chi connectivity index (χ2n) is 5.54. The Hall–Kier alpha value is -0.610. The molecule has 4 nitrogen and oxygen atoms in total. The molecule has 2 fully saturated rings. The number of carbonyl (C=O) groups is 1. The summed E-state index contributed by atoms with van der Waals surface area (Å²) in [5.41, 5.74) is -0.240. The topological polar surface area (TPSA) is 41.6 Å². The fourth-order valence-corrected chi connectivity index (χ4v) is 2.98. The lowest BCUT2D eigenvalue weighted by atomic mass is 9.82. The van der Waals surface area contributed by atoms with Crippen molar-refractivity contribution < 1.29 is 9.53 Å². The quantitative estimate of drug-likeness (QED) is 0.745. The highest BCUT2D eigenvalue weighted by atomic mass is 16.5. The highest BCUT2D eigenvalue weighted by Crippen LogP contribution is 2.33. The van der Waals surface area contributed by atoms with Gasteiger partial charge < -0.3 is 15.0 Å². The summed E-state index contributed by atoms with van der Waals surface area (Å²) < 4.78 is 5.70. The van der Waals surface area contributed by atoms with Crippen LogP contribution in [0.25, 0.3) is 0 Å². The molecule has 2 heterocycles. The van der Waals surface area contributed by atoms with Crippen LogP contribution in [0.3, 0.4) is 0 Å². The molecule has 0 aromatic rings. The SMILES string of the molecule is CCCC1(C(=O)OC2CCN(C)C2)CCNC1. The summed E-state index contributed by atoms with van der Waals surface area (Å²) >= 11 is 0. The van der Waals surface area contributed by atoms with E-state index >= 15 is 0 Å². The van der Waals surface area contributed by atoms with Gasteiger partial charge in [0.2, 0.25) is 0 Å². The summed E-state index contributed by atoms with van der Waals surface area (Å²) in [4.78, 5) is 14.6. The summed E-state index contributed by atoms with van der Waals surface area (Å²) in [5, 5.41) is 3.30. The molecule has 2 aliphatic heterocycles. The summed E-state index contributed by atoms with van der Waals surface area (Å²) in [5.74, 6) is 0.0321. The van der Waals surface area contributed by atoms with Crippen molar-refractivity contribution in [2.24, 2.45) is 5.41 Å². The van der Waals surface area contributed by atoms with Crippen LogP contribution in [0.5, 0.6) is 0 Å². The summed E-state index contributed by atoms with van der Waals surface area (Å²) in [6.45, 7) is 5.80. The predicted molar refractivity (Wildman–Crippen MR) is 66.8 cm³/mol. The van der Waals surface area contributed by atoms with Crippen LogP contribution in [0.2, 0.25) is 0 Å². The first kappa shape index (κ1) is 12.8. The number of likely N-dealkylation sites (N-methyl/N-ethyl adjacent to an activating group) is 1. The molecular weight excluding hydrogens is 216 g/mol. The Morgan fingerprint density at radius 3 is 2.94 bits per heavy atom. The molecule has 0 aromatic heterocycles. The van der Waals surface area contributed by atoms with E-state index < -0.39 is 0 Å². The first-order chi connectivity index (χ1) is 8.16. The molecule has 1 N–H and O–H groups in total. The second kappa shape index (κ2) is 5.36. The number of nitrogens with zero attached hydrogens (tertiary/aromatic N) is 1. The van der Waals surface area contributed by atoms with Crippen LogP contribution < -0.4 is 5.32 Å². The van der Waals surface area contributed by atoms with Gasteiger partial charge in [0, 0.05) is 19.6 Å². The van der Waals surface area contributed by atoms with Gasteiger partial charge in [-0.25, -0.2) is 0 Å². The van der Waals surface area contributed by atoms with Gasteiger partial charge in [-0.3, -0.25) is 4.79 Å². The number of rotatable bonds is 4. The maximum Gasteiger partial charge on any atom is 0.313 e. The molecule has 4 heteroatoms. The van der Waals surface area contributed by atoms with E-state index in [1.54, 1.807) is 0 Å². The van der Waals surface area contributed by atoms with E-state index in [0.717, 1.165) is 51.9 Å². The molecule has 2 atom stereocenters. The monoisotopic (exact) mass is 240 g/mol. The van der Waals surface area contributed by atoms with Crippen molar-refractivity contribution in [2.75, 3.05) is 33.2 Å². The number of likely N-dealkylation sites (tertiary alicyclic amines) is 1. The number of ether oxygens (including phenoxy) is 1. The molecule has 17 heavy (non-hydrogen) atoms. The van der Waals surface area contributed by atoms with Crippen LogP contribution in [-0.4, -0.2) is 50.2 Å². The molecule has 2 saturated heterocycles. The van der Waals surface area contributed by atoms with Gasteiger partial charge in [0.15, 0.2) is 0 Å². The zero-order valence-corrected chi connectivity index (χ0v) is 11.0. The minimum atomic E-state index is -0.240. The van der Waals surface area contributed by atoms with Gasteiger partial charge in [0.1, 0.15) is 6.10 Å². The van der Waals surface area contributed by atoms with Gasteiger partial charge in [-0.1, -0.05) is 13.3 Å². The van der Waals surface area contributed by atoms with E-state index in [1.165, 1.54) is 0 Å². The molecule has 0 bridgehead atoms. The lowest BCUT2D eigenvalue weighted by Gasteiger charge is -2.27. The Kier molecular flexibility index (Phi) is 4.05. The standard InChI is InChI=1S/C13H24N2O2/c1-3-5-13(6-7-14-10-13)12(16)17-11-4-8-15(2)9-11/h11,14H,3-10H2,1-2H3. The molecule has 98 valence electrons. The number of hydrogen-bond donors (Lipinski definition) is 1. The van der Waals surface area contributed by atoms with E-state index in [1.807, 2.05) is 0 Å². The van der Waals surface area contributed by atoms with E-state index in [4.69, 9.17) is 4.74 Å². The second-order valence-corrected chi connectivity index (χ2v) is 5.54. The third-order valence-electron chi connectivity index (χ3n) is 4.03. The van der Waals surface area contributed by atoms with Crippen molar-refractivity contribution in [2.45, 2.75) is 38.7 Å². The average Bonchev–Trinajstić information content (AvgIpc) is 2.89. The van der Waals surface area contributed by atoms with E-state index in [2.05, 4.69) is 24.2 Å². The van der Waals surface area contributed by atoms with Crippen molar-refractivity contribution in [3.05, 3.63) is 0 Å². The minimum Gasteiger partial charge on any atom is -0.460 e. The molecular formula is C13H24N2O2. The average molecular weight is 240 g/mol. The highest BCUT2D eigenvalue weighted by Gasteiger charge is 2.43. The van der Waals surface area contributed by atoms with Gasteiger partial charge in [0.05, 0.1) is 5.41 Å². The third-order valence-corrected chi connectivity index (χ3v) is 4.03. The minimum absolute atomic E-state index is 0.0321. The number of nitrogens with one attached hydrogen (secondary N) is 1. The lowest BCUT2D eigenvalue weighted by molar-refractivity contribution is -0.160. The Balaban J connectivity index is 1.92. The van der Waals surface area contributed by atoms with Crippen LogP contribution in [0.4, 0.5) is 0 Å². The van der Waals surface area contributed by atoms with Gasteiger partial charge in [-0.05, 0) is 32.9 Å². The number of esters is 1. The predicted octanol–water partition coefficient (Wildman–Crippen LogP) is 1.01. The first-order valence-electron chi connectivity index (χ1n) is 6.76. The lowest BCUT2D eigenvalue weighted by Crippen LogP contribution is -2.37. The van der Waals surface area contributed by atoms with Gasteiger partial charge in [0.25, 0.3) is 0 Å². The molecule has 0 amide bonds. The van der Waals surface area contributed by atoms with Crippen molar-refractivity contribution in [3.63, 3.8) is 0 Å². The first-order valence-corrected chi connectivity index (χ1v) is 6.76. The maximum atomic E-state index is 12.3. The van der Waals surface area contributed by atoms with E-state index in [9.17, 15) is 4.79 Å². The van der Waals surface area contributed by atoms with Gasteiger partial charge >= 0.3 is 5.97 Å². The largest absolute Gasteiger partial charge is 0.460 e. The molecule has 0 aliphatic carbocycles. The van der Waals surface area contributed by atoms with Crippen molar-refractivity contribution >= 4 is 5.97 Å². The molecule has 0 aromatic carbocycles. The van der Waals surface area contributed by atoms with Crippen molar-refractivity contribution in [1.29, 1.82) is 0 Å². The van der Waals surface area contributed by atoms with Crippen LogP contribution in [0.15, 0.2) is 0 Å². The van der Waals surface area contributed by atoms with Gasteiger partial charge in [-0.15, -0.1) is 0 Å². The number of hydrogen-bond acceptors (Lipinski definition) is 4.